The van der Waals surface area contributed by atoms with Crippen molar-refractivity contribution >= 4 is 5.97 Å². The van der Waals surface area contributed by atoms with Gasteiger partial charge in [0.1, 0.15) is 53.7 Å². The number of carboxylic acid groups (broad SMARTS) is 1. The van der Waals surface area contributed by atoms with Crippen LogP contribution in [0.1, 0.15) is 53.4 Å². The van der Waals surface area contributed by atoms with Gasteiger partial charge < -0.3 is 69.3 Å². The van der Waals surface area contributed by atoms with E-state index in [1.807, 2.05) is 13.8 Å². The van der Waals surface area contributed by atoms with E-state index >= 15 is 0 Å². The number of aromatic carboxylic acids is 1. The van der Waals surface area contributed by atoms with Gasteiger partial charge in [0.25, 0.3) is 0 Å². The van der Waals surface area contributed by atoms with Gasteiger partial charge in [0.05, 0.1) is 33.0 Å². The molecule has 2 aliphatic heterocycles. The van der Waals surface area contributed by atoms with E-state index in [-0.39, 0.29) is 59.9 Å². The van der Waals surface area contributed by atoms with Crippen molar-refractivity contribution in [1.82, 2.24) is 0 Å². The zero-order valence-corrected chi connectivity index (χ0v) is 25.8. The van der Waals surface area contributed by atoms with Crippen LogP contribution in [-0.2, 0) is 25.6 Å². The van der Waals surface area contributed by atoms with Crippen LogP contribution in [0.25, 0.3) is 0 Å². The van der Waals surface area contributed by atoms with Crippen molar-refractivity contribution < 1.29 is 74.1 Å². The first kappa shape index (κ1) is 35.8. The molecule has 2 heterocycles. The fourth-order valence-electron chi connectivity index (χ4n) is 5.35. The van der Waals surface area contributed by atoms with E-state index in [1.54, 1.807) is 13.0 Å². The summed E-state index contributed by atoms with van der Waals surface area (Å²) in [5, 5.41) is 81.5. The van der Waals surface area contributed by atoms with E-state index in [9.17, 15) is 45.6 Å². The van der Waals surface area contributed by atoms with E-state index in [2.05, 4.69) is 0 Å². The minimum absolute atomic E-state index is 0.0123. The number of hydrogen-bond acceptors (Lipinski definition) is 14. The topological polar surface area (TPSA) is 234 Å². The number of ether oxygens (including phenoxy) is 6. The highest BCUT2D eigenvalue weighted by Crippen LogP contribution is 2.44. The molecule has 2 aliphatic rings. The monoisotopic (exact) mass is 654 g/mol. The average molecular weight is 655 g/mol. The molecule has 0 radical (unpaired) electrons. The SMILES string of the molecule is COc1c([C@@H](CC(C)C)O[C@@H]2OC[C@@H](O)[C@H](O)[C@H]2O)ccc(Oc2c(O)cc(C)cc2CO[C@@H]2OC[C@@H](O)[C@H](O)[C@H]2O)c1C(=O)O. The molecule has 2 fully saturated rings. The maximum absolute atomic E-state index is 12.7. The van der Waals surface area contributed by atoms with E-state index in [1.165, 1.54) is 25.3 Å². The first-order chi connectivity index (χ1) is 21.7. The highest BCUT2D eigenvalue weighted by molar-refractivity contribution is 5.95. The van der Waals surface area contributed by atoms with Crippen LogP contribution in [0, 0.1) is 12.8 Å². The lowest BCUT2D eigenvalue weighted by molar-refractivity contribution is -0.285. The summed E-state index contributed by atoms with van der Waals surface area (Å²) in [6, 6.07) is 5.86. The first-order valence-electron chi connectivity index (χ1n) is 14.8. The highest BCUT2D eigenvalue weighted by atomic mass is 16.7. The number of aliphatic hydroxyl groups excluding tert-OH is 6. The molecular weight excluding hydrogens is 612 g/mol. The number of aliphatic hydroxyl groups is 6. The van der Waals surface area contributed by atoms with E-state index < -0.39 is 66.8 Å². The number of hydrogen-bond donors (Lipinski definition) is 8. The van der Waals surface area contributed by atoms with Gasteiger partial charge in [-0.25, -0.2) is 4.79 Å². The maximum atomic E-state index is 12.7. The molecule has 46 heavy (non-hydrogen) atoms. The number of aromatic hydroxyl groups is 1. The van der Waals surface area contributed by atoms with Gasteiger partial charge in [-0.15, -0.1) is 0 Å². The van der Waals surface area contributed by atoms with Crippen molar-refractivity contribution in [2.45, 2.75) is 89.1 Å². The van der Waals surface area contributed by atoms with Crippen LogP contribution < -0.4 is 9.47 Å². The second-order valence-corrected chi connectivity index (χ2v) is 11.8. The van der Waals surface area contributed by atoms with Crippen LogP contribution in [0.5, 0.6) is 23.0 Å². The summed E-state index contributed by atoms with van der Waals surface area (Å²) in [5.74, 6) is -2.26. The van der Waals surface area contributed by atoms with Gasteiger partial charge >= 0.3 is 5.97 Å². The Labute approximate surface area is 265 Å². The first-order valence-corrected chi connectivity index (χ1v) is 14.8. The molecule has 15 heteroatoms. The molecule has 2 aromatic carbocycles. The van der Waals surface area contributed by atoms with Crippen molar-refractivity contribution in [2.24, 2.45) is 5.92 Å². The van der Waals surface area contributed by atoms with Crippen molar-refractivity contribution in [3.63, 3.8) is 0 Å². The molecule has 0 bridgehead atoms. The molecule has 2 saturated heterocycles. The lowest BCUT2D eigenvalue weighted by atomic mass is 9.95. The van der Waals surface area contributed by atoms with Crippen LogP contribution in [0.2, 0.25) is 0 Å². The fraction of sp³-hybridized carbons (Fsp3) is 0.581. The van der Waals surface area contributed by atoms with Crippen molar-refractivity contribution in [3.8, 4) is 23.0 Å². The fourth-order valence-corrected chi connectivity index (χ4v) is 5.35. The lowest BCUT2D eigenvalue weighted by Gasteiger charge is -2.37. The molecule has 256 valence electrons. The molecule has 2 aromatic rings. The second kappa shape index (κ2) is 15.2. The number of carbonyl (C=O) groups is 1. The predicted octanol–water partition coefficient (Wildman–Crippen LogP) is 0.698. The number of carboxylic acids is 1. The Morgan fingerprint density at radius 2 is 1.52 bits per heavy atom. The third-order valence-electron chi connectivity index (χ3n) is 7.71. The summed E-state index contributed by atoms with van der Waals surface area (Å²) in [7, 11) is 1.26. The van der Waals surface area contributed by atoms with Gasteiger partial charge in [-0.1, -0.05) is 13.8 Å². The van der Waals surface area contributed by atoms with Crippen LogP contribution in [0.15, 0.2) is 24.3 Å². The zero-order chi connectivity index (χ0) is 33.9. The van der Waals surface area contributed by atoms with Crippen LogP contribution in [-0.4, -0.2) is 116 Å². The number of rotatable bonds is 12. The minimum Gasteiger partial charge on any atom is -0.504 e. The Balaban J connectivity index is 1.67. The Bertz CT molecular complexity index is 1350. The van der Waals surface area contributed by atoms with Gasteiger partial charge in [-0.05, 0) is 49.1 Å². The largest absolute Gasteiger partial charge is 0.504 e. The Hall–Kier alpha value is -3.09. The summed E-state index contributed by atoms with van der Waals surface area (Å²) in [6.07, 6.45) is -12.0. The minimum atomic E-state index is -1.58. The summed E-state index contributed by atoms with van der Waals surface area (Å²) in [5.41, 5.74) is 0.721. The number of methoxy groups -OCH3 is 1. The molecule has 0 saturated carbocycles. The Kier molecular flexibility index (Phi) is 11.8. The number of benzene rings is 2. The van der Waals surface area contributed by atoms with Crippen LogP contribution >= 0.6 is 0 Å². The summed E-state index contributed by atoms with van der Waals surface area (Å²) in [4.78, 5) is 12.7. The van der Waals surface area contributed by atoms with Crippen molar-refractivity contribution in [1.29, 1.82) is 0 Å². The van der Waals surface area contributed by atoms with Gasteiger partial charge in [0.2, 0.25) is 0 Å². The van der Waals surface area contributed by atoms with Gasteiger partial charge in [0, 0.05) is 11.1 Å². The molecule has 15 nitrogen and oxygen atoms in total. The van der Waals surface area contributed by atoms with Gasteiger partial charge in [-0.3, -0.25) is 0 Å². The van der Waals surface area contributed by atoms with Gasteiger partial charge in [-0.2, -0.15) is 0 Å². The van der Waals surface area contributed by atoms with E-state index in [0.717, 1.165) is 0 Å². The lowest BCUT2D eigenvalue weighted by Crippen LogP contribution is -2.54. The quantitative estimate of drug-likeness (QED) is 0.157. The number of phenolic OH excluding ortho intramolecular Hbond substituents is 1. The average Bonchev–Trinajstić information content (AvgIpc) is 3.00. The molecule has 8 N–H and O–H groups in total. The van der Waals surface area contributed by atoms with Gasteiger partial charge in [0.15, 0.2) is 24.1 Å². The van der Waals surface area contributed by atoms with Crippen molar-refractivity contribution in [2.75, 3.05) is 20.3 Å². The number of aryl methyl sites for hydroxylation is 1. The molecule has 4 rings (SSSR count). The molecule has 9 atom stereocenters. The number of phenols is 1. The van der Waals surface area contributed by atoms with E-state index in [4.69, 9.17) is 28.4 Å². The third-order valence-corrected chi connectivity index (χ3v) is 7.71. The van der Waals surface area contributed by atoms with E-state index in [0.29, 0.717) is 12.0 Å². The Morgan fingerprint density at radius 1 is 0.913 bits per heavy atom. The zero-order valence-electron chi connectivity index (χ0n) is 25.8. The predicted molar refractivity (Wildman–Crippen MR) is 156 cm³/mol. The molecular formula is C31H42O15. The third kappa shape index (κ3) is 7.88. The summed E-state index contributed by atoms with van der Waals surface area (Å²) < 4.78 is 33.9. The molecule has 0 aromatic heterocycles. The summed E-state index contributed by atoms with van der Waals surface area (Å²) >= 11 is 0. The van der Waals surface area contributed by atoms with Crippen LogP contribution in [0.4, 0.5) is 0 Å². The Morgan fingerprint density at radius 3 is 2.11 bits per heavy atom. The standard InChI is InChI=1S/C31H42O15/c1-13(2)7-21(46-31-26(38)24(36)19(34)12-44-31)16-5-6-20(22(29(39)40)28(16)41-4)45-27-15(8-14(3)9-17(27)32)10-42-30-25(37)23(35)18(33)11-43-30/h5-6,8-9,13,18-19,21,23-26,30-38H,7,10-12H2,1-4H3,(H,39,40)/t18-,19-,21-,23+,24+,25-,26-,30-,31+/m1/s1. The maximum Gasteiger partial charge on any atom is 0.343 e. The molecule has 0 spiro atoms. The smallest absolute Gasteiger partial charge is 0.343 e. The molecule has 0 unspecified atom stereocenters. The highest BCUT2D eigenvalue weighted by Gasteiger charge is 2.41. The van der Waals surface area contributed by atoms with Crippen molar-refractivity contribution in [3.05, 3.63) is 46.5 Å². The van der Waals surface area contributed by atoms with Crippen LogP contribution in [0.3, 0.4) is 0 Å². The molecule has 0 amide bonds. The second-order valence-electron chi connectivity index (χ2n) is 11.8. The normalized spacial score (nSPS) is 29.0. The summed E-state index contributed by atoms with van der Waals surface area (Å²) in [6.45, 7) is 4.62. The molecule has 0 aliphatic carbocycles.